The second-order valence-electron chi connectivity index (χ2n) is 8.25. The maximum Gasteiger partial charge on any atom is 0.407 e. The second-order valence-corrected chi connectivity index (χ2v) is 8.25. The fraction of sp³-hybridized carbons (Fsp3) is 0.222. The van der Waals surface area contributed by atoms with Gasteiger partial charge in [-0.1, -0.05) is 55.5 Å². The number of benzene rings is 3. The van der Waals surface area contributed by atoms with Gasteiger partial charge >= 0.3 is 12.1 Å². The summed E-state index contributed by atoms with van der Waals surface area (Å²) in [7, 11) is 0. The highest BCUT2D eigenvalue weighted by Crippen LogP contribution is 2.44. The molecule has 174 valence electrons. The van der Waals surface area contributed by atoms with E-state index in [2.05, 4.69) is 22.8 Å². The number of alkyl carbamates (subject to hydrolysis) is 1. The zero-order valence-electron chi connectivity index (χ0n) is 19.0. The summed E-state index contributed by atoms with van der Waals surface area (Å²) >= 11 is 0. The van der Waals surface area contributed by atoms with Crippen molar-refractivity contribution in [2.45, 2.75) is 32.2 Å². The van der Waals surface area contributed by atoms with Crippen molar-refractivity contribution in [3.63, 3.8) is 0 Å². The number of amides is 2. The SMILES string of the molecule is CCC(NC(=O)OCC1c2ccccc2-c2ccccc21)C(=O)Nc1ccc(C(=O)O)c(C)c1. The summed E-state index contributed by atoms with van der Waals surface area (Å²) in [6.07, 6.45) is -0.302. The number of hydrogen-bond acceptors (Lipinski definition) is 4. The van der Waals surface area contributed by atoms with Crippen molar-refractivity contribution in [1.29, 1.82) is 0 Å². The summed E-state index contributed by atoms with van der Waals surface area (Å²) in [6.45, 7) is 3.60. The number of fused-ring (bicyclic) bond motifs is 3. The Morgan fingerprint density at radius 2 is 1.59 bits per heavy atom. The lowest BCUT2D eigenvalue weighted by Crippen LogP contribution is -2.43. The molecule has 1 unspecified atom stereocenters. The third-order valence-electron chi connectivity index (χ3n) is 6.08. The van der Waals surface area contributed by atoms with E-state index >= 15 is 0 Å². The van der Waals surface area contributed by atoms with Crippen molar-refractivity contribution in [2.75, 3.05) is 11.9 Å². The highest BCUT2D eigenvalue weighted by atomic mass is 16.5. The minimum Gasteiger partial charge on any atom is -0.478 e. The number of rotatable bonds is 7. The minimum absolute atomic E-state index is 0.0669. The number of ether oxygens (including phenoxy) is 1. The first-order valence-corrected chi connectivity index (χ1v) is 11.1. The molecule has 0 heterocycles. The molecule has 0 radical (unpaired) electrons. The van der Waals surface area contributed by atoms with E-state index in [0.29, 0.717) is 17.7 Å². The Balaban J connectivity index is 1.38. The molecular weight excluding hydrogens is 432 g/mol. The molecule has 0 bridgehead atoms. The van der Waals surface area contributed by atoms with Crippen molar-refractivity contribution in [1.82, 2.24) is 5.32 Å². The number of anilines is 1. The van der Waals surface area contributed by atoms with Gasteiger partial charge in [-0.25, -0.2) is 9.59 Å². The first kappa shape index (κ1) is 23.0. The normalized spacial score (nSPS) is 12.9. The Labute approximate surface area is 197 Å². The lowest BCUT2D eigenvalue weighted by Gasteiger charge is -2.19. The summed E-state index contributed by atoms with van der Waals surface area (Å²) in [4.78, 5) is 36.4. The number of carboxylic acid groups (broad SMARTS) is 1. The van der Waals surface area contributed by atoms with E-state index in [1.54, 1.807) is 19.9 Å². The van der Waals surface area contributed by atoms with Crippen molar-refractivity contribution in [3.8, 4) is 11.1 Å². The van der Waals surface area contributed by atoms with E-state index in [4.69, 9.17) is 9.84 Å². The van der Waals surface area contributed by atoms with Crippen molar-refractivity contribution in [3.05, 3.63) is 89.0 Å². The van der Waals surface area contributed by atoms with E-state index in [-0.39, 0.29) is 18.1 Å². The van der Waals surface area contributed by atoms with Crippen molar-refractivity contribution >= 4 is 23.7 Å². The molecule has 0 aliphatic heterocycles. The van der Waals surface area contributed by atoms with Gasteiger partial charge in [0.05, 0.1) is 5.56 Å². The molecule has 1 aliphatic rings. The molecule has 7 heteroatoms. The molecule has 34 heavy (non-hydrogen) atoms. The Bertz CT molecular complexity index is 1210. The number of nitrogens with one attached hydrogen (secondary N) is 2. The van der Waals surface area contributed by atoms with Crippen LogP contribution < -0.4 is 10.6 Å². The van der Waals surface area contributed by atoms with Crippen LogP contribution in [0.15, 0.2) is 66.7 Å². The summed E-state index contributed by atoms with van der Waals surface area (Å²) in [5.74, 6) is -1.50. The number of carbonyl (C=O) groups excluding carboxylic acids is 2. The number of hydrogen-bond donors (Lipinski definition) is 3. The molecule has 1 atom stereocenters. The van der Waals surface area contributed by atoms with Crippen LogP contribution in [0.1, 0.15) is 46.3 Å². The molecule has 0 saturated heterocycles. The topological polar surface area (TPSA) is 105 Å². The van der Waals surface area contributed by atoms with Gasteiger partial charge in [-0.15, -0.1) is 0 Å². The predicted molar refractivity (Wildman–Crippen MR) is 129 cm³/mol. The second kappa shape index (κ2) is 9.79. The largest absolute Gasteiger partial charge is 0.478 e. The molecule has 7 nitrogen and oxygen atoms in total. The van der Waals surface area contributed by atoms with Crippen LogP contribution in [0.2, 0.25) is 0 Å². The van der Waals surface area contributed by atoms with Crippen LogP contribution in [0.5, 0.6) is 0 Å². The molecular formula is C27H26N2O5. The number of carbonyl (C=O) groups is 3. The zero-order valence-corrected chi connectivity index (χ0v) is 19.0. The fourth-order valence-corrected chi connectivity index (χ4v) is 4.35. The van der Waals surface area contributed by atoms with Crippen molar-refractivity contribution < 1.29 is 24.2 Å². The van der Waals surface area contributed by atoms with E-state index in [1.165, 1.54) is 12.1 Å². The van der Waals surface area contributed by atoms with Gasteiger partial charge < -0.3 is 20.5 Å². The van der Waals surface area contributed by atoms with Gasteiger partial charge in [0.15, 0.2) is 0 Å². The van der Waals surface area contributed by atoms with Crippen LogP contribution in [0.4, 0.5) is 10.5 Å². The minimum atomic E-state index is -1.03. The first-order chi connectivity index (χ1) is 16.4. The maximum atomic E-state index is 12.7. The summed E-state index contributed by atoms with van der Waals surface area (Å²) < 4.78 is 5.54. The maximum absolute atomic E-state index is 12.7. The third-order valence-corrected chi connectivity index (χ3v) is 6.08. The molecule has 2 amide bonds. The summed E-state index contributed by atoms with van der Waals surface area (Å²) in [5, 5.41) is 14.5. The van der Waals surface area contributed by atoms with Crippen LogP contribution >= 0.6 is 0 Å². The van der Waals surface area contributed by atoms with Crippen LogP contribution in [0, 0.1) is 6.92 Å². The Kier molecular flexibility index (Phi) is 6.63. The van der Waals surface area contributed by atoms with Gasteiger partial charge in [0.1, 0.15) is 12.6 Å². The molecule has 4 rings (SSSR count). The van der Waals surface area contributed by atoms with Crippen LogP contribution in [-0.2, 0) is 9.53 Å². The standard InChI is InChI=1S/C27H26N2O5/c1-3-24(25(30)28-17-12-13-18(26(31)32)16(2)14-17)29-27(33)34-15-23-21-10-6-4-8-19(21)20-9-5-7-11-22(20)23/h4-14,23-24H,3,15H2,1-2H3,(H,28,30)(H,29,33)(H,31,32). The predicted octanol–water partition coefficient (Wildman–Crippen LogP) is 4.95. The zero-order chi connectivity index (χ0) is 24.2. The molecule has 0 aromatic heterocycles. The highest BCUT2D eigenvalue weighted by molar-refractivity contribution is 5.97. The van der Waals surface area contributed by atoms with Crippen LogP contribution in [-0.4, -0.2) is 35.7 Å². The lowest BCUT2D eigenvalue weighted by molar-refractivity contribution is -0.118. The van der Waals surface area contributed by atoms with Gasteiger partial charge in [-0.3, -0.25) is 4.79 Å². The van der Waals surface area contributed by atoms with E-state index in [9.17, 15) is 14.4 Å². The van der Waals surface area contributed by atoms with Gasteiger partial charge in [0.25, 0.3) is 0 Å². The highest BCUT2D eigenvalue weighted by Gasteiger charge is 2.29. The number of carboxylic acids is 1. The summed E-state index contributed by atoms with van der Waals surface area (Å²) in [6, 6.07) is 19.9. The monoisotopic (exact) mass is 458 g/mol. The Morgan fingerprint density at radius 1 is 0.971 bits per heavy atom. The van der Waals surface area contributed by atoms with Crippen LogP contribution in [0.25, 0.3) is 11.1 Å². The first-order valence-electron chi connectivity index (χ1n) is 11.1. The quantitative estimate of drug-likeness (QED) is 0.465. The van der Waals surface area contributed by atoms with E-state index < -0.39 is 24.0 Å². The molecule has 3 aromatic rings. The Morgan fingerprint density at radius 3 is 2.15 bits per heavy atom. The van der Waals surface area contributed by atoms with Gasteiger partial charge in [0, 0.05) is 11.6 Å². The van der Waals surface area contributed by atoms with Crippen molar-refractivity contribution in [2.24, 2.45) is 0 Å². The Hall–Kier alpha value is -4.13. The number of aryl methyl sites for hydroxylation is 1. The van der Waals surface area contributed by atoms with Gasteiger partial charge in [-0.2, -0.15) is 0 Å². The average molecular weight is 459 g/mol. The summed E-state index contributed by atoms with van der Waals surface area (Å²) in [5.41, 5.74) is 5.66. The molecule has 0 fully saturated rings. The van der Waals surface area contributed by atoms with E-state index in [1.807, 2.05) is 36.4 Å². The third kappa shape index (κ3) is 4.64. The van der Waals surface area contributed by atoms with Gasteiger partial charge in [0.2, 0.25) is 5.91 Å². The lowest BCUT2D eigenvalue weighted by atomic mass is 9.98. The molecule has 3 N–H and O–H groups in total. The average Bonchev–Trinajstić information content (AvgIpc) is 3.14. The molecule has 0 saturated carbocycles. The number of aromatic carboxylic acids is 1. The van der Waals surface area contributed by atoms with E-state index in [0.717, 1.165) is 22.3 Å². The van der Waals surface area contributed by atoms with Gasteiger partial charge in [-0.05, 0) is 59.4 Å². The molecule has 0 spiro atoms. The fourth-order valence-electron chi connectivity index (χ4n) is 4.35. The van der Waals surface area contributed by atoms with Crippen LogP contribution in [0.3, 0.4) is 0 Å². The molecule has 1 aliphatic carbocycles. The molecule has 3 aromatic carbocycles. The smallest absolute Gasteiger partial charge is 0.407 e.